The molecular weight excluding hydrogens is 431 g/mol. The van der Waals surface area contributed by atoms with Crippen molar-refractivity contribution in [2.24, 2.45) is 0 Å². The van der Waals surface area contributed by atoms with Crippen LogP contribution in [-0.4, -0.2) is 25.2 Å². The van der Waals surface area contributed by atoms with Crippen molar-refractivity contribution in [2.45, 2.75) is 11.4 Å². The van der Waals surface area contributed by atoms with Crippen LogP contribution in [0.25, 0.3) is 0 Å². The van der Waals surface area contributed by atoms with Crippen molar-refractivity contribution in [3.63, 3.8) is 0 Å². The number of ether oxygens (including phenoxy) is 2. The summed E-state index contributed by atoms with van der Waals surface area (Å²) < 4.78 is 53.6. The Bertz CT molecular complexity index is 1120. The maximum Gasteiger partial charge on any atom is 0.339 e. The first-order valence-electron chi connectivity index (χ1n) is 9.03. The molecule has 160 valence electrons. The van der Waals surface area contributed by atoms with Crippen LogP contribution in [-0.2, 0) is 6.54 Å². The smallest absolute Gasteiger partial charge is 0.339 e. The van der Waals surface area contributed by atoms with Crippen LogP contribution in [0.15, 0.2) is 53.4 Å². The van der Waals surface area contributed by atoms with Gasteiger partial charge in [0, 0.05) is 29.8 Å². The molecule has 2 amide bonds. The van der Waals surface area contributed by atoms with Crippen molar-refractivity contribution >= 4 is 29.4 Å². The van der Waals surface area contributed by atoms with E-state index in [0.717, 1.165) is 11.9 Å². The van der Waals surface area contributed by atoms with E-state index in [-0.39, 0.29) is 11.8 Å². The van der Waals surface area contributed by atoms with E-state index in [2.05, 4.69) is 4.98 Å². The number of halogens is 3. The minimum absolute atomic E-state index is 0.226. The molecule has 1 aliphatic rings. The monoisotopic (exact) mass is 447 g/mol. The van der Waals surface area contributed by atoms with E-state index in [1.807, 2.05) is 0 Å². The molecule has 4 rings (SSSR count). The highest BCUT2D eigenvalue weighted by Gasteiger charge is 2.34. The fourth-order valence-electron chi connectivity index (χ4n) is 3.10. The van der Waals surface area contributed by atoms with Crippen LogP contribution < -0.4 is 18.7 Å². The lowest BCUT2D eigenvalue weighted by Crippen LogP contribution is -2.43. The summed E-state index contributed by atoms with van der Waals surface area (Å²) in [6.45, 7) is -0.426. The predicted molar refractivity (Wildman–Crippen MR) is 110 cm³/mol. The van der Waals surface area contributed by atoms with Crippen LogP contribution >= 0.6 is 11.9 Å². The lowest BCUT2D eigenvalue weighted by Gasteiger charge is -2.36. The van der Waals surface area contributed by atoms with Gasteiger partial charge in [-0.25, -0.2) is 22.3 Å². The zero-order chi connectivity index (χ0) is 22.1. The molecule has 31 heavy (non-hydrogen) atoms. The summed E-state index contributed by atoms with van der Waals surface area (Å²) in [5, 5.41) is 0. The number of hydrogen-bond donors (Lipinski definition) is 0. The molecule has 0 unspecified atom stereocenters. The van der Waals surface area contributed by atoms with Gasteiger partial charge in [0.1, 0.15) is 17.5 Å². The third-order valence-corrected chi connectivity index (χ3v) is 5.68. The number of methoxy groups -OCH3 is 2. The summed E-state index contributed by atoms with van der Waals surface area (Å²) in [7, 11) is 2.86. The molecule has 0 N–H and O–H groups in total. The van der Waals surface area contributed by atoms with Crippen molar-refractivity contribution in [2.75, 3.05) is 23.4 Å². The second-order valence-electron chi connectivity index (χ2n) is 6.48. The Morgan fingerprint density at radius 2 is 1.58 bits per heavy atom. The average molecular weight is 447 g/mol. The molecule has 0 aliphatic carbocycles. The third kappa shape index (κ3) is 3.98. The van der Waals surface area contributed by atoms with Crippen molar-refractivity contribution in [3.05, 3.63) is 71.5 Å². The maximum atomic E-state index is 14.3. The number of hydrogen-bond acceptors (Lipinski definition) is 5. The van der Waals surface area contributed by atoms with Crippen molar-refractivity contribution in [3.8, 4) is 11.8 Å². The van der Waals surface area contributed by atoms with E-state index in [1.165, 1.54) is 23.4 Å². The standard InChI is InChI=1S/C21H16F3N3O3S/c1-29-19-9-13(10-20(25-19)30-2)27-21(28)26(17-5-3-4-6-18(17)31-27)11-14-15(23)7-12(22)8-16(14)24/h3-10H,11H2,1-2H3. The fourth-order valence-corrected chi connectivity index (χ4v) is 4.09. The number of benzene rings is 2. The number of amides is 2. The van der Waals surface area contributed by atoms with Crippen LogP contribution in [0.3, 0.4) is 0 Å². The summed E-state index contributed by atoms with van der Waals surface area (Å²) in [6, 6.07) is 10.6. The molecule has 0 spiro atoms. The molecule has 3 aromatic rings. The van der Waals surface area contributed by atoms with E-state index in [1.54, 1.807) is 36.4 Å². The second-order valence-corrected chi connectivity index (χ2v) is 7.47. The number of carbonyl (C=O) groups excluding carboxylic acids is 1. The van der Waals surface area contributed by atoms with Gasteiger partial charge in [-0.05, 0) is 24.1 Å². The Hall–Kier alpha value is -3.40. The number of anilines is 2. The largest absolute Gasteiger partial charge is 0.481 e. The van der Waals surface area contributed by atoms with Gasteiger partial charge < -0.3 is 9.47 Å². The predicted octanol–water partition coefficient (Wildman–Crippen LogP) is 5.17. The number of nitrogens with zero attached hydrogens (tertiary/aromatic N) is 3. The molecule has 0 atom stereocenters. The minimum atomic E-state index is -1.07. The molecule has 0 fully saturated rings. The minimum Gasteiger partial charge on any atom is -0.481 e. The number of aromatic nitrogens is 1. The van der Waals surface area contributed by atoms with Crippen LogP contribution in [0.2, 0.25) is 0 Å². The van der Waals surface area contributed by atoms with Crippen molar-refractivity contribution in [1.82, 2.24) is 4.98 Å². The van der Waals surface area contributed by atoms with Crippen LogP contribution in [0, 0.1) is 17.5 Å². The lowest BCUT2D eigenvalue weighted by molar-refractivity contribution is 0.254. The summed E-state index contributed by atoms with van der Waals surface area (Å²) in [5.41, 5.74) is 0.462. The van der Waals surface area contributed by atoms with Gasteiger partial charge in [-0.2, -0.15) is 4.98 Å². The Labute approximate surface area is 180 Å². The molecule has 1 aromatic heterocycles. The highest BCUT2D eigenvalue weighted by atomic mass is 32.2. The van der Waals surface area contributed by atoms with E-state index in [4.69, 9.17) is 9.47 Å². The normalized spacial score (nSPS) is 13.3. The molecule has 2 heterocycles. The van der Waals surface area contributed by atoms with Gasteiger partial charge in [0.2, 0.25) is 11.8 Å². The Morgan fingerprint density at radius 1 is 0.968 bits per heavy atom. The summed E-state index contributed by atoms with van der Waals surface area (Å²) >= 11 is 1.14. The molecular formula is C21H16F3N3O3S. The first-order chi connectivity index (χ1) is 14.9. The van der Waals surface area contributed by atoms with Gasteiger partial charge in [-0.1, -0.05) is 12.1 Å². The fraction of sp³-hybridized carbons (Fsp3) is 0.143. The number of rotatable bonds is 5. The van der Waals surface area contributed by atoms with Gasteiger partial charge in [-0.15, -0.1) is 0 Å². The molecule has 2 aromatic carbocycles. The molecule has 0 saturated carbocycles. The SMILES string of the molecule is COc1cc(N2Sc3ccccc3N(Cc3c(F)cc(F)cc3F)C2=O)cc(OC)n1. The Kier molecular flexibility index (Phi) is 5.64. The molecule has 6 nitrogen and oxygen atoms in total. The molecule has 1 aliphatic heterocycles. The number of carbonyl (C=O) groups is 1. The highest BCUT2D eigenvalue weighted by molar-refractivity contribution is 8.01. The molecule has 0 bridgehead atoms. The quantitative estimate of drug-likeness (QED) is 0.505. The van der Waals surface area contributed by atoms with Gasteiger partial charge in [0.05, 0.1) is 37.0 Å². The zero-order valence-electron chi connectivity index (χ0n) is 16.4. The molecule has 0 saturated heterocycles. The molecule has 0 radical (unpaired) electrons. The van der Waals surface area contributed by atoms with E-state index in [0.29, 0.717) is 28.4 Å². The van der Waals surface area contributed by atoms with Crippen molar-refractivity contribution < 1.29 is 27.4 Å². The van der Waals surface area contributed by atoms with Gasteiger partial charge in [0.25, 0.3) is 0 Å². The third-order valence-electron chi connectivity index (χ3n) is 4.59. The number of urea groups is 1. The topological polar surface area (TPSA) is 54.9 Å². The van der Waals surface area contributed by atoms with Crippen molar-refractivity contribution in [1.29, 1.82) is 0 Å². The maximum absolute atomic E-state index is 14.3. The summed E-state index contributed by atoms with van der Waals surface area (Å²) in [5.74, 6) is -2.72. The van der Waals surface area contributed by atoms with Gasteiger partial charge in [0.15, 0.2) is 0 Å². The van der Waals surface area contributed by atoms with Crippen LogP contribution in [0.5, 0.6) is 11.8 Å². The van der Waals surface area contributed by atoms with E-state index < -0.39 is 35.6 Å². The summed E-state index contributed by atoms with van der Waals surface area (Å²) in [6.07, 6.45) is 0. The lowest BCUT2D eigenvalue weighted by atomic mass is 10.1. The second kappa shape index (κ2) is 8.38. The average Bonchev–Trinajstić information content (AvgIpc) is 2.76. The first kappa shape index (κ1) is 20.9. The number of pyridine rings is 1. The molecule has 10 heteroatoms. The van der Waals surface area contributed by atoms with Gasteiger partial charge in [-0.3, -0.25) is 4.90 Å². The Morgan fingerprint density at radius 3 is 2.19 bits per heavy atom. The zero-order valence-corrected chi connectivity index (χ0v) is 17.3. The number of fused-ring (bicyclic) bond motifs is 1. The van der Waals surface area contributed by atoms with Gasteiger partial charge >= 0.3 is 6.03 Å². The van der Waals surface area contributed by atoms with Crippen LogP contribution in [0.4, 0.5) is 29.3 Å². The van der Waals surface area contributed by atoms with E-state index >= 15 is 0 Å². The Balaban J connectivity index is 1.79. The van der Waals surface area contributed by atoms with Crippen LogP contribution in [0.1, 0.15) is 5.56 Å². The highest BCUT2D eigenvalue weighted by Crippen LogP contribution is 2.43. The first-order valence-corrected chi connectivity index (χ1v) is 9.80. The summed E-state index contributed by atoms with van der Waals surface area (Å²) in [4.78, 5) is 19.4. The van der Waals surface area contributed by atoms with E-state index in [9.17, 15) is 18.0 Å². The number of para-hydroxylation sites is 1.